The summed E-state index contributed by atoms with van der Waals surface area (Å²) in [6.45, 7) is 10.5. The molecule has 1 aliphatic heterocycles. The lowest BCUT2D eigenvalue weighted by atomic mass is 9.94. The molecule has 6 heteroatoms. The van der Waals surface area contributed by atoms with E-state index in [0.717, 1.165) is 5.56 Å². The van der Waals surface area contributed by atoms with Gasteiger partial charge in [-0.1, -0.05) is 39.0 Å². The van der Waals surface area contributed by atoms with Crippen LogP contribution in [-0.2, 0) is 16.0 Å². The molecular formula is C24H30N2O4. The van der Waals surface area contributed by atoms with Crippen molar-refractivity contribution in [2.45, 2.75) is 47.1 Å². The van der Waals surface area contributed by atoms with Gasteiger partial charge in [-0.15, -0.1) is 0 Å². The highest BCUT2D eigenvalue weighted by atomic mass is 16.5. The maximum atomic E-state index is 12.9. The molecule has 0 unspecified atom stereocenters. The highest BCUT2D eigenvalue weighted by molar-refractivity contribution is 6.00. The summed E-state index contributed by atoms with van der Waals surface area (Å²) in [6.07, 6.45) is 0.224. The number of amides is 2. The van der Waals surface area contributed by atoms with Crippen LogP contribution >= 0.6 is 0 Å². The van der Waals surface area contributed by atoms with E-state index in [0.29, 0.717) is 36.0 Å². The van der Waals surface area contributed by atoms with E-state index in [9.17, 15) is 9.59 Å². The highest BCUT2D eigenvalue weighted by Crippen LogP contribution is 2.36. The van der Waals surface area contributed by atoms with Gasteiger partial charge in [0, 0.05) is 16.7 Å². The summed E-state index contributed by atoms with van der Waals surface area (Å²) < 4.78 is 11.5. The molecule has 0 radical (unpaired) electrons. The topological polar surface area (TPSA) is 67.9 Å². The summed E-state index contributed by atoms with van der Waals surface area (Å²) >= 11 is 0. The molecule has 2 aromatic rings. The molecule has 160 valence electrons. The summed E-state index contributed by atoms with van der Waals surface area (Å²) in [7, 11) is 0. The molecule has 30 heavy (non-hydrogen) atoms. The lowest BCUT2D eigenvalue weighted by Crippen LogP contribution is -2.44. The second-order valence-electron chi connectivity index (χ2n) is 8.74. The van der Waals surface area contributed by atoms with Crippen LogP contribution in [-0.4, -0.2) is 31.1 Å². The smallest absolute Gasteiger partial charge is 0.232 e. The Hall–Kier alpha value is -3.02. The summed E-state index contributed by atoms with van der Waals surface area (Å²) in [4.78, 5) is 27.3. The van der Waals surface area contributed by atoms with Gasteiger partial charge in [0.25, 0.3) is 0 Å². The van der Waals surface area contributed by atoms with Crippen molar-refractivity contribution in [2.24, 2.45) is 5.41 Å². The molecule has 0 saturated heterocycles. The monoisotopic (exact) mass is 410 g/mol. The normalized spacial score (nSPS) is 13.5. The highest BCUT2D eigenvalue weighted by Gasteiger charge is 2.32. The largest absolute Gasteiger partial charge is 0.491 e. The minimum Gasteiger partial charge on any atom is -0.491 e. The molecule has 0 saturated carbocycles. The average molecular weight is 411 g/mol. The van der Waals surface area contributed by atoms with E-state index in [1.54, 1.807) is 23.1 Å². The fraction of sp³-hybridized carbons (Fsp3) is 0.417. The zero-order chi connectivity index (χ0) is 21.9. The Balaban J connectivity index is 1.77. The van der Waals surface area contributed by atoms with Crippen molar-refractivity contribution < 1.29 is 19.1 Å². The van der Waals surface area contributed by atoms with Crippen molar-refractivity contribution in [2.75, 3.05) is 23.4 Å². The Labute approximate surface area is 178 Å². The van der Waals surface area contributed by atoms with Gasteiger partial charge in [-0.3, -0.25) is 9.59 Å². The first kappa shape index (κ1) is 21.7. The third kappa shape index (κ3) is 5.12. The van der Waals surface area contributed by atoms with Gasteiger partial charge in [0.05, 0.1) is 24.8 Å². The lowest BCUT2D eigenvalue weighted by Gasteiger charge is -2.34. The zero-order valence-corrected chi connectivity index (χ0v) is 18.3. The minimum absolute atomic E-state index is 0.0234. The SMILES string of the molecule is CC(C)Oc1ccccc1CC(=O)Nc1ccc2c(c1)N(C(=O)C(C)(C)C)CCO2. The maximum Gasteiger partial charge on any atom is 0.232 e. The van der Waals surface area contributed by atoms with E-state index in [1.807, 2.05) is 58.9 Å². The summed E-state index contributed by atoms with van der Waals surface area (Å²) in [5.74, 6) is 1.23. The number of ether oxygens (including phenoxy) is 2. The fourth-order valence-electron chi connectivity index (χ4n) is 3.31. The minimum atomic E-state index is -0.506. The van der Waals surface area contributed by atoms with Gasteiger partial charge in [0.2, 0.25) is 11.8 Å². The molecule has 2 aromatic carbocycles. The predicted molar refractivity (Wildman–Crippen MR) is 118 cm³/mol. The molecule has 1 heterocycles. The molecular weight excluding hydrogens is 380 g/mol. The molecule has 0 fully saturated rings. The molecule has 1 aliphatic rings. The van der Waals surface area contributed by atoms with Crippen LogP contribution in [0, 0.1) is 5.41 Å². The van der Waals surface area contributed by atoms with Crippen LogP contribution in [0.5, 0.6) is 11.5 Å². The van der Waals surface area contributed by atoms with E-state index in [4.69, 9.17) is 9.47 Å². The number of carbonyl (C=O) groups excluding carboxylic acids is 2. The number of rotatable bonds is 5. The van der Waals surface area contributed by atoms with Gasteiger partial charge >= 0.3 is 0 Å². The Kier molecular flexibility index (Phi) is 6.34. The van der Waals surface area contributed by atoms with Crippen molar-refractivity contribution in [3.63, 3.8) is 0 Å². The molecule has 2 amide bonds. The van der Waals surface area contributed by atoms with Crippen molar-refractivity contribution in [3.05, 3.63) is 48.0 Å². The molecule has 0 atom stereocenters. The van der Waals surface area contributed by atoms with Gasteiger partial charge < -0.3 is 19.7 Å². The van der Waals surface area contributed by atoms with E-state index >= 15 is 0 Å². The standard InChI is InChI=1S/C24H30N2O4/c1-16(2)30-20-9-7-6-8-17(20)14-22(27)25-18-10-11-21-19(15-18)26(12-13-29-21)23(28)24(3,4)5/h6-11,15-16H,12-14H2,1-5H3,(H,25,27). The van der Waals surface area contributed by atoms with Crippen molar-refractivity contribution in [3.8, 4) is 11.5 Å². The van der Waals surface area contributed by atoms with Gasteiger partial charge in [0.1, 0.15) is 18.1 Å². The van der Waals surface area contributed by atoms with Gasteiger partial charge in [-0.2, -0.15) is 0 Å². The molecule has 1 N–H and O–H groups in total. The van der Waals surface area contributed by atoms with Crippen molar-refractivity contribution in [1.82, 2.24) is 0 Å². The molecule has 3 rings (SSSR count). The van der Waals surface area contributed by atoms with Crippen LogP contribution < -0.4 is 19.7 Å². The van der Waals surface area contributed by atoms with Crippen LogP contribution in [0.3, 0.4) is 0 Å². The third-order valence-corrected chi connectivity index (χ3v) is 4.68. The van der Waals surface area contributed by atoms with Crippen LogP contribution in [0.15, 0.2) is 42.5 Å². The molecule has 0 aliphatic carbocycles. The van der Waals surface area contributed by atoms with E-state index in [2.05, 4.69) is 5.32 Å². The number of anilines is 2. The number of para-hydroxylation sites is 1. The molecule has 0 aromatic heterocycles. The molecule has 0 spiro atoms. The van der Waals surface area contributed by atoms with Crippen LogP contribution in [0.2, 0.25) is 0 Å². The van der Waals surface area contributed by atoms with Crippen molar-refractivity contribution >= 4 is 23.2 Å². The van der Waals surface area contributed by atoms with Gasteiger partial charge in [-0.05, 0) is 38.1 Å². The summed E-state index contributed by atoms with van der Waals surface area (Å²) in [5, 5.41) is 2.93. The number of benzene rings is 2. The molecule has 0 bridgehead atoms. The third-order valence-electron chi connectivity index (χ3n) is 4.68. The second-order valence-corrected chi connectivity index (χ2v) is 8.74. The summed E-state index contributed by atoms with van der Waals surface area (Å²) in [5.41, 5.74) is 1.63. The van der Waals surface area contributed by atoms with Gasteiger partial charge in [0.15, 0.2) is 0 Å². The van der Waals surface area contributed by atoms with Crippen LogP contribution in [0.1, 0.15) is 40.2 Å². The quantitative estimate of drug-likeness (QED) is 0.792. The lowest BCUT2D eigenvalue weighted by molar-refractivity contribution is -0.126. The zero-order valence-electron chi connectivity index (χ0n) is 18.3. The first-order valence-corrected chi connectivity index (χ1v) is 10.3. The summed E-state index contributed by atoms with van der Waals surface area (Å²) in [6, 6.07) is 12.9. The number of fused-ring (bicyclic) bond motifs is 1. The van der Waals surface area contributed by atoms with Gasteiger partial charge in [-0.25, -0.2) is 0 Å². The van der Waals surface area contributed by atoms with Crippen LogP contribution in [0.25, 0.3) is 0 Å². The average Bonchev–Trinajstić information content (AvgIpc) is 2.67. The Morgan fingerprint density at radius 1 is 1.17 bits per heavy atom. The Morgan fingerprint density at radius 2 is 1.90 bits per heavy atom. The number of nitrogens with one attached hydrogen (secondary N) is 1. The Bertz CT molecular complexity index is 931. The molecule has 6 nitrogen and oxygen atoms in total. The first-order chi connectivity index (χ1) is 14.1. The maximum absolute atomic E-state index is 12.9. The van der Waals surface area contributed by atoms with Crippen molar-refractivity contribution in [1.29, 1.82) is 0 Å². The fourth-order valence-corrected chi connectivity index (χ4v) is 3.31. The van der Waals surface area contributed by atoms with E-state index in [-0.39, 0.29) is 24.3 Å². The van der Waals surface area contributed by atoms with Crippen LogP contribution in [0.4, 0.5) is 11.4 Å². The van der Waals surface area contributed by atoms with E-state index in [1.165, 1.54) is 0 Å². The second kappa shape index (κ2) is 8.78. The number of hydrogen-bond donors (Lipinski definition) is 1. The number of nitrogens with zero attached hydrogens (tertiary/aromatic N) is 1. The Morgan fingerprint density at radius 3 is 2.60 bits per heavy atom. The number of carbonyl (C=O) groups is 2. The number of hydrogen-bond acceptors (Lipinski definition) is 4. The first-order valence-electron chi connectivity index (χ1n) is 10.3. The predicted octanol–water partition coefficient (Wildman–Crippen LogP) is 4.43. The van der Waals surface area contributed by atoms with E-state index < -0.39 is 5.41 Å².